The highest BCUT2D eigenvalue weighted by atomic mass is 19.3. The van der Waals surface area contributed by atoms with Gasteiger partial charge in [0.05, 0.1) is 6.61 Å². The van der Waals surface area contributed by atoms with Crippen LogP contribution in [-0.4, -0.2) is 38.1 Å². The number of halogens is 6. The highest BCUT2D eigenvalue weighted by Crippen LogP contribution is 2.59. The van der Waals surface area contributed by atoms with Crippen LogP contribution in [0.2, 0.25) is 0 Å². The van der Waals surface area contributed by atoms with Gasteiger partial charge in [0, 0.05) is 19.3 Å². The number of hydrogen-bond donors (Lipinski definition) is 0. The lowest BCUT2D eigenvalue weighted by molar-refractivity contribution is -0.271. The average molecular weight is 320 g/mol. The second-order valence-electron chi connectivity index (χ2n) is 4.93. The average Bonchev–Trinajstić information content (AvgIpc) is 2.47. The van der Waals surface area contributed by atoms with Crippen molar-refractivity contribution in [3.05, 3.63) is 11.3 Å². The van der Waals surface area contributed by atoms with Gasteiger partial charge in [-0.3, -0.25) is 0 Å². The van der Waals surface area contributed by atoms with Crippen molar-refractivity contribution in [2.24, 2.45) is 0 Å². The third-order valence-electron chi connectivity index (χ3n) is 3.37. The molecule has 0 saturated heterocycles. The molecule has 0 saturated carbocycles. The molecule has 0 amide bonds. The van der Waals surface area contributed by atoms with Gasteiger partial charge in [0.2, 0.25) is 0 Å². The Morgan fingerprint density at radius 1 is 0.810 bits per heavy atom. The summed E-state index contributed by atoms with van der Waals surface area (Å²) in [7, 11) is 1.54. The number of methoxy groups -OCH3 is 1. The normalized spacial score (nSPS) is 22.7. The van der Waals surface area contributed by atoms with E-state index in [4.69, 9.17) is 4.74 Å². The molecule has 1 aliphatic carbocycles. The van der Waals surface area contributed by atoms with E-state index in [1.54, 1.807) is 7.11 Å². The molecule has 124 valence electrons. The Kier molecular flexibility index (Phi) is 5.57. The second-order valence-corrected chi connectivity index (χ2v) is 4.93. The maximum atomic E-state index is 13.4. The monoisotopic (exact) mass is 320 g/mol. The van der Waals surface area contributed by atoms with Crippen LogP contribution in [0.1, 0.15) is 32.6 Å². The van der Waals surface area contributed by atoms with Crippen LogP contribution < -0.4 is 0 Å². The van der Waals surface area contributed by atoms with Gasteiger partial charge in [0.25, 0.3) is 0 Å². The molecule has 0 fully saturated rings. The summed E-state index contributed by atoms with van der Waals surface area (Å²) in [5, 5.41) is 0. The molecular weight excluding hydrogens is 302 g/mol. The molecule has 0 aromatic carbocycles. The van der Waals surface area contributed by atoms with Gasteiger partial charge in [-0.2, -0.15) is 26.3 Å². The summed E-state index contributed by atoms with van der Waals surface area (Å²) < 4.78 is 88.7. The summed E-state index contributed by atoms with van der Waals surface area (Å²) in [6.45, 7) is 0.797. The van der Waals surface area contributed by atoms with Gasteiger partial charge in [0.1, 0.15) is 0 Å². The van der Waals surface area contributed by atoms with Gasteiger partial charge >= 0.3 is 17.8 Å². The summed E-state index contributed by atoms with van der Waals surface area (Å²) in [4.78, 5) is 0. The quantitative estimate of drug-likeness (QED) is 0.487. The first-order valence-corrected chi connectivity index (χ1v) is 6.57. The zero-order valence-corrected chi connectivity index (χ0v) is 11.8. The third kappa shape index (κ3) is 3.14. The van der Waals surface area contributed by atoms with Crippen LogP contribution in [0.25, 0.3) is 0 Å². The van der Waals surface area contributed by atoms with Gasteiger partial charge < -0.3 is 9.47 Å². The smallest absolute Gasteiger partial charge is 0.383 e. The topological polar surface area (TPSA) is 18.5 Å². The molecule has 0 radical (unpaired) electrons. The number of hydrogen-bond acceptors (Lipinski definition) is 2. The molecule has 0 aromatic heterocycles. The molecule has 0 spiro atoms. The SMILES string of the molecule is COCCCCCCOC1=C(C)C(F)(F)C(F)(F)C1(F)F. The van der Waals surface area contributed by atoms with Crippen molar-refractivity contribution < 1.29 is 35.8 Å². The van der Waals surface area contributed by atoms with Gasteiger partial charge in [0.15, 0.2) is 5.76 Å². The molecule has 21 heavy (non-hydrogen) atoms. The largest absolute Gasteiger partial charge is 0.491 e. The van der Waals surface area contributed by atoms with E-state index < -0.39 is 29.1 Å². The van der Waals surface area contributed by atoms with Crippen molar-refractivity contribution in [1.82, 2.24) is 0 Å². The van der Waals surface area contributed by atoms with Gasteiger partial charge in [-0.05, 0) is 26.2 Å². The molecule has 0 N–H and O–H groups in total. The van der Waals surface area contributed by atoms with Crippen molar-refractivity contribution in [1.29, 1.82) is 0 Å². The van der Waals surface area contributed by atoms with E-state index in [-0.39, 0.29) is 6.61 Å². The standard InChI is InChI=1S/C13H18F6O2/c1-9-10(21-8-6-4-3-5-7-20-2)12(16,17)13(18,19)11(9,14)15/h3-8H2,1-2H3. The molecule has 8 heteroatoms. The second kappa shape index (κ2) is 6.46. The summed E-state index contributed by atoms with van der Waals surface area (Å²) >= 11 is 0. The Bertz CT molecular complexity index is 392. The molecule has 0 aliphatic heterocycles. The number of unbranched alkanes of at least 4 members (excludes halogenated alkanes) is 3. The van der Waals surface area contributed by atoms with E-state index in [9.17, 15) is 26.3 Å². The lowest BCUT2D eigenvalue weighted by atomic mass is 10.1. The van der Waals surface area contributed by atoms with Crippen LogP contribution in [0.4, 0.5) is 26.3 Å². The fraction of sp³-hybridized carbons (Fsp3) is 0.846. The molecular formula is C13H18F6O2. The van der Waals surface area contributed by atoms with Crippen LogP contribution in [-0.2, 0) is 9.47 Å². The molecule has 0 atom stereocenters. The number of alkyl halides is 6. The Hall–Kier alpha value is -0.920. The number of ether oxygens (including phenoxy) is 2. The minimum atomic E-state index is -5.46. The summed E-state index contributed by atoms with van der Waals surface area (Å²) in [6.07, 6.45) is 2.43. The highest BCUT2D eigenvalue weighted by molar-refractivity contribution is 5.36. The predicted octanol–water partition coefficient (Wildman–Crippen LogP) is 4.40. The van der Waals surface area contributed by atoms with Crippen LogP contribution in [0, 0.1) is 0 Å². The van der Waals surface area contributed by atoms with Crippen LogP contribution in [0.15, 0.2) is 11.3 Å². The third-order valence-corrected chi connectivity index (χ3v) is 3.37. The molecule has 0 bridgehead atoms. The predicted molar refractivity (Wildman–Crippen MR) is 63.8 cm³/mol. The van der Waals surface area contributed by atoms with Crippen LogP contribution in [0.5, 0.6) is 0 Å². The summed E-state index contributed by atoms with van der Waals surface area (Å²) in [5.74, 6) is -17.0. The minimum Gasteiger partial charge on any atom is -0.491 e. The molecule has 0 heterocycles. The van der Waals surface area contributed by atoms with E-state index in [1.807, 2.05) is 0 Å². The zero-order chi connectivity index (χ0) is 16.3. The van der Waals surface area contributed by atoms with Crippen molar-refractivity contribution in [3.8, 4) is 0 Å². The van der Waals surface area contributed by atoms with Gasteiger partial charge in [-0.25, -0.2) is 0 Å². The van der Waals surface area contributed by atoms with Crippen molar-refractivity contribution >= 4 is 0 Å². The number of allylic oxidation sites excluding steroid dienone is 2. The Morgan fingerprint density at radius 2 is 1.33 bits per heavy atom. The fourth-order valence-electron chi connectivity index (χ4n) is 2.03. The van der Waals surface area contributed by atoms with Crippen LogP contribution >= 0.6 is 0 Å². The molecule has 2 nitrogen and oxygen atoms in total. The first kappa shape index (κ1) is 18.1. The molecule has 0 aromatic rings. The van der Waals surface area contributed by atoms with E-state index in [2.05, 4.69) is 4.74 Å². The van der Waals surface area contributed by atoms with E-state index in [0.717, 1.165) is 12.8 Å². The fourth-order valence-corrected chi connectivity index (χ4v) is 2.03. The lowest BCUT2D eigenvalue weighted by Gasteiger charge is -2.24. The Morgan fingerprint density at radius 3 is 1.76 bits per heavy atom. The summed E-state index contributed by atoms with van der Waals surface area (Å²) in [5.41, 5.74) is -1.41. The highest BCUT2D eigenvalue weighted by Gasteiger charge is 2.80. The lowest BCUT2D eigenvalue weighted by Crippen LogP contribution is -2.49. The maximum Gasteiger partial charge on any atom is 0.383 e. The van der Waals surface area contributed by atoms with E-state index in [1.165, 1.54) is 0 Å². The zero-order valence-electron chi connectivity index (χ0n) is 11.8. The Balaban J connectivity index is 2.56. The molecule has 1 rings (SSSR count). The maximum absolute atomic E-state index is 13.4. The van der Waals surface area contributed by atoms with Crippen LogP contribution in [0.3, 0.4) is 0 Å². The first-order valence-electron chi connectivity index (χ1n) is 6.57. The molecule has 1 aliphatic rings. The summed E-state index contributed by atoms with van der Waals surface area (Å²) in [6, 6.07) is 0. The van der Waals surface area contributed by atoms with E-state index in [0.29, 0.717) is 26.4 Å². The van der Waals surface area contributed by atoms with E-state index >= 15 is 0 Å². The first-order chi connectivity index (χ1) is 9.60. The van der Waals surface area contributed by atoms with Crippen molar-refractivity contribution in [3.63, 3.8) is 0 Å². The minimum absolute atomic E-state index is 0.304. The van der Waals surface area contributed by atoms with Crippen molar-refractivity contribution in [2.75, 3.05) is 20.3 Å². The number of rotatable bonds is 8. The Labute approximate surface area is 119 Å². The molecule has 0 unspecified atom stereocenters. The van der Waals surface area contributed by atoms with Crippen molar-refractivity contribution in [2.45, 2.75) is 50.4 Å². The van der Waals surface area contributed by atoms with Gasteiger partial charge in [-0.1, -0.05) is 6.42 Å². The van der Waals surface area contributed by atoms with Gasteiger partial charge in [-0.15, -0.1) is 0 Å².